The predicted molar refractivity (Wildman–Crippen MR) is 126 cm³/mol. The average Bonchev–Trinajstić information content (AvgIpc) is 3.07. The quantitative estimate of drug-likeness (QED) is 0.438. The molecule has 3 aromatic carbocycles. The number of rotatable bonds is 5. The van der Waals surface area contributed by atoms with Gasteiger partial charge in [0.2, 0.25) is 5.91 Å². The number of nitrogens with zero attached hydrogens (tertiary/aromatic N) is 1. The lowest BCUT2D eigenvalue weighted by atomic mass is 10.1. The third kappa shape index (κ3) is 4.34. The van der Waals surface area contributed by atoms with Crippen LogP contribution in [0.15, 0.2) is 66.7 Å². The standard InChI is InChI=1S/C26H23N3O3/c30-24(17-19-11-13-22-23(16-19)32-15-5-14-31-22)27-26-25-20(8-4-9-21(25)28-29-26)12-10-18-6-2-1-3-7-18/h1-4,6-13,16H,5,14-15,17H2,(H2,27,28,29,30)/b12-10+. The second-order valence-electron chi connectivity index (χ2n) is 7.64. The molecule has 0 bridgehead atoms. The third-order valence-electron chi connectivity index (χ3n) is 5.31. The second-order valence-corrected chi connectivity index (χ2v) is 7.64. The molecule has 2 heterocycles. The summed E-state index contributed by atoms with van der Waals surface area (Å²) in [5.41, 5.74) is 3.81. The Hall–Kier alpha value is -4.06. The maximum Gasteiger partial charge on any atom is 0.230 e. The zero-order valence-electron chi connectivity index (χ0n) is 17.5. The van der Waals surface area contributed by atoms with Gasteiger partial charge >= 0.3 is 0 Å². The van der Waals surface area contributed by atoms with Crippen LogP contribution in [0.25, 0.3) is 23.1 Å². The van der Waals surface area contributed by atoms with E-state index in [-0.39, 0.29) is 12.3 Å². The van der Waals surface area contributed by atoms with Gasteiger partial charge in [0.1, 0.15) is 0 Å². The number of hydrogen-bond acceptors (Lipinski definition) is 4. The van der Waals surface area contributed by atoms with Crippen LogP contribution in [0.5, 0.6) is 11.5 Å². The molecule has 1 amide bonds. The SMILES string of the molecule is O=C(Cc1ccc2c(c1)OCCCO2)Nc1n[nH]c2cccc(/C=C/c3ccccc3)c12. The van der Waals surface area contributed by atoms with Gasteiger partial charge in [-0.1, -0.05) is 60.7 Å². The Morgan fingerprint density at radius 3 is 2.69 bits per heavy atom. The first-order valence-electron chi connectivity index (χ1n) is 10.6. The molecular weight excluding hydrogens is 402 g/mol. The largest absolute Gasteiger partial charge is 0.490 e. The van der Waals surface area contributed by atoms with E-state index in [0.717, 1.165) is 39.8 Å². The molecule has 0 saturated carbocycles. The Bertz CT molecular complexity index is 1280. The van der Waals surface area contributed by atoms with Crippen LogP contribution in [0.1, 0.15) is 23.1 Å². The van der Waals surface area contributed by atoms with Crippen LogP contribution in [-0.2, 0) is 11.2 Å². The first-order valence-corrected chi connectivity index (χ1v) is 10.6. The third-order valence-corrected chi connectivity index (χ3v) is 5.31. The molecule has 0 spiro atoms. The van der Waals surface area contributed by atoms with Crippen molar-refractivity contribution in [3.05, 3.63) is 83.4 Å². The van der Waals surface area contributed by atoms with E-state index in [1.807, 2.05) is 78.9 Å². The average molecular weight is 425 g/mol. The van der Waals surface area contributed by atoms with Crippen LogP contribution in [0.4, 0.5) is 5.82 Å². The number of ether oxygens (including phenoxy) is 2. The van der Waals surface area contributed by atoms with E-state index in [1.54, 1.807) is 0 Å². The maximum atomic E-state index is 12.8. The minimum atomic E-state index is -0.144. The van der Waals surface area contributed by atoms with Crippen LogP contribution in [0, 0.1) is 0 Å². The van der Waals surface area contributed by atoms with Crippen molar-refractivity contribution < 1.29 is 14.3 Å². The maximum absolute atomic E-state index is 12.8. The molecule has 160 valence electrons. The Labute approximate surface area is 185 Å². The van der Waals surface area contributed by atoms with Crippen molar-refractivity contribution in [1.82, 2.24) is 10.2 Å². The van der Waals surface area contributed by atoms with Gasteiger partial charge in [-0.2, -0.15) is 5.10 Å². The van der Waals surface area contributed by atoms with E-state index in [4.69, 9.17) is 9.47 Å². The molecule has 2 N–H and O–H groups in total. The number of anilines is 1. The molecule has 0 fully saturated rings. The number of benzene rings is 3. The highest BCUT2D eigenvalue weighted by Gasteiger charge is 2.15. The van der Waals surface area contributed by atoms with E-state index in [1.165, 1.54) is 0 Å². The molecule has 0 saturated heterocycles. The first kappa shape index (κ1) is 19.9. The summed E-state index contributed by atoms with van der Waals surface area (Å²) in [6, 6.07) is 21.6. The van der Waals surface area contributed by atoms with Gasteiger partial charge in [0.05, 0.1) is 30.5 Å². The molecule has 1 aromatic heterocycles. The van der Waals surface area contributed by atoms with Gasteiger partial charge in [-0.05, 0) is 34.9 Å². The van der Waals surface area contributed by atoms with E-state index in [9.17, 15) is 4.79 Å². The van der Waals surface area contributed by atoms with E-state index in [0.29, 0.717) is 24.8 Å². The monoisotopic (exact) mass is 425 g/mol. The van der Waals surface area contributed by atoms with Crippen molar-refractivity contribution in [2.45, 2.75) is 12.8 Å². The van der Waals surface area contributed by atoms with Crippen LogP contribution >= 0.6 is 0 Å². The molecule has 1 aliphatic rings. The predicted octanol–water partition coefficient (Wildman–Crippen LogP) is 5.08. The van der Waals surface area contributed by atoms with Gasteiger partial charge in [0, 0.05) is 6.42 Å². The van der Waals surface area contributed by atoms with Gasteiger partial charge in [0.15, 0.2) is 17.3 Å². The van der Waals surface area contributed by atoms with Crippen LogP contribution < -0.4 is 14.8 Å². The molecule has 4 aromatic rings. The van der Waals surface area contributed by atoms with Crippen molar-refractivity contribution in [2.75, 3.05) is 18.5 Å². The summed E-state index contributed by atoms with van der Waals surface area (Å²) in [7, 11) is 0. The van der Waals surface area contributed by atoms with Crippen molar-refractivity contribution in [3.63, 3.8) is 0 Å². The highest BCUT2D eigenvalue weighted by Crippen LogP contribution is 2.31. The fourth-order valence-corrected chi connectivity index (χ4v) is 3.76. The van der Waals surface area contributed by atoms with Gasteiger partial charge in [-0.15, -0.1) is 0 Å². The van der Waals surface area contributed by atoms with Crippen molar-refractivity contribution in [1.29, 1.82) is 0 Å². The smallest absolute Gasteiger partial charge is 0.230 e. The van der Waals surface area contributed by atoms with E-state index < -0.39 is 0 Å². The number of aromatic amines is 1. The topological polar surface area (TPSA) is 76.2 Å². The Balaban J connectivity index is 1.36. The van der Waals surface area contributed by atoms with Gasteiger partial charge < -0.3 is 14.8 Å². The Kier molecular flexibility index (Phi) is 5.58. The highest BCUT2D eigenvalue weighted by atomic mass is 16.5. The minimum Gasteiger partial charge on any atom is -0.490 e. The van der Waals surface area contributed by atoms with Crippen molar-refractivity contribution in [3.8, 4) is 11.5 Å². The van der Waals surface area contributed by atoms with Crippen LogP contribution in [0.2, 0.25) is 0 Å². The van der Waals surface area contributed by atoms with Gasteiger partial charge in [0.25, 0.3) is 0 Å². The molecule has 6 heteroatoms. The fraction of sp³-hybridized carbons (Fsp3) is 0.154. The lowest BCUT2D eigenvalue weighted by Crippen LogP contribution is -2.15. The number of hydrogen-bond donors (Lipinski definition) is 2. The van der Waals surface area contributed by atoms with E-state index >= 15 is 0 Å². The molecule has 1 aliphatic heterocycles. The lowest BCUT2D eigenvalue weighted by molar-refractivity contribution is -0.115. The van der Waals surface area contributed by atoms with Crippen LogP contribution in [-0.4, -0.2) is 29.3 Å². The number of carbonyl (C=O) groups excluding carboxylic acids is 1. The molecule has 0 atom stereocenters. The number of carbonyl (C=O) groups is 1. The van der Waals surface area contributed by atoms with E-state index in [2.05, 4.69) is 15.5 Å². The molecule has 6 nitrogen and oxygen atoms in total. The van der Waals surface area contributed by atoms with Crippen LogP contribution in [0.3, 0.4) is 0 Å². The Morgan fingerprint density at radius 2 is 1.81 bits per heavy atom. The fourth-order valence-electron chi connectivity index (χ4n) is 3.76. The van der Waals surface area contributed by atoms with Gasteiger partial charge in [-0.3, -0.25) is 9.89 Å². The number of amides is 1. The summed E-state index contributed by atoms with van der Waals surface area (Å²) in [4.78, 5) is 12.8. The highest BCUT2D eigenvalue weighted by molar-refractivity contribution is 6.04. The minimum absolute atomic E-state index is 0.144. The molecule has 0 aliphatic carbocycles. The number of aromatic nitrogens is 2. The zero-order valence-corrected chi connectivity index (χ0v) is 17.5. The number of nitrogens with one attached hydrogen (secondary N) is 2. The summed E-state index contributed by atoms with van der Waals surface area (Å²) < 4.78 is 11.4. The summed E-state index contributed by atoms with van der Waals surface area (Å²) in [6.45, 7) is 1.25. The van der Waals surface area contributed by atoms with Gasteiger partial charge in [-0.25, -0.2) is 0 Å². The molecule has 0 radical (unpaired) electrons. The summed E-state index contributed by atoms with van der Waals surface area (Å²) in [5.74, 6) is 1.79. The molecular formula is C26H23N3O3. The Morgan fingerprint density at radius 1 is 0.969 bits per heavy atom. The second kappa shape index (κ2) is 8.98. The lowest BCUT2D eigenvalue weighted by Gasteiger charge is -2.09. The molecule has 32 heavy (non-hydrogen) atoms. The molecule has 0 unspecified atom stereocenters. The van der Waals surface area contributed by atoms with Crippen molar-refractivity contribution in [2.24, 2.45) is 0 Å². The number of fused-ring (bicyclic) bond motifs is 2. The summed E-state index contributed by atoms with van der Waals surface area (Å²) >= 11 is 0. The zero-order chi connectivity index (χ0) is 21.8. The summed E-state index contributed by atoms with van der Waals surface area (Å²) in [5, 5.41) is 11.2. The molecule has 5 rings (SSSR count). The summed E-state index contributed by atoms with van der Waals surface area (Å²) in [6.07, 6.45) is 5.14. The normalized spacial score (nSPS) is 13.2. The number of H-pyrrole nitrogens is 1. The first-order chi connectivity index (χ1) is 15.8. The van der Waals surface area contributed by atoms with Crippen molar-refractivity contribution >= 4 is 34.8 Å².